The van der Waals surface area contributed by atoms with Crippen molar-refractivity contribution in [3.63, 3.8) is 0 Å². The molecule has 0 saturated carbocycles. The zero-order valence-electron chi connectivity index (χ0n) is 13.0. The van der Waals surface area contributed by atoms with E-state index >= 15 is 0 Å². The van der Waals surface area contributed by atoms with Crippen molar-refractivity contribution in [1.82, 2.24) is 10.3 Å². The van der Waals surface area contributed by atoms with E-state index in [2.05, 4.69) is 10.5 Å². The Labute approximate surface area is 138 Å². The number of hydrazone groups is 1. The van der Waals surface area contributed by atoms with Gasteiger partial charge >= 0.3 is 6.03 Å². The van der Waals surface area contributed by atoms with Gasteiger partial charge < -0.3 is 15.7 Å². The summed E-state index contributed by atoms with van der Waals surface area (Å²) in [5.41, 5.74) is 8.66. The van der Waals surface area contributed by atoms with Gasteiger partial charge in [-0.05, 0) is 22.9 Å². The zero-order chi connectivity index (χ0) is 17.1. The number of hydrogen-bond donors (Lipinski definition) is 3. The van der Waals surface area contributed by atoms with Gasteiger partial charge in [-0.1, -0.05) is 24.3 Å². The molecule has 1 fully saturated rings. The summed E-state index contributed by atoms with van der Waals surface area (Å²) in [5, 5.41) is 15.9. The van der Waals surface area contributed by atoms with Crippen LogP contribution in [-0.2, 0) is 0 Å². The highest BCUT2D eigenvalue weighted by molar-refractivity contribution is 6.02. The minimum absolute atomic E-state index is 0.0880. The maximum atomic E-state index is 12.3. The number of likely N-dealkylation sites (tertiary alicyclic amines) is 1. The SMILES string of the molecule is NC(=O)N1CCC(=NNC(=O)c2cc3ccccc3cc2O)CC1. The van der Waals surface area contributed by atoms with Crippen LogP contribution in [0.5, 0.6) is 5.75 Å². The molecule has 0 atom stereocenters. The number of benzene rings is 2. The molecular weight excluding hydrogens is 308 g/mol. The number of carbonyl (C=O) groups excluding carboxylic acids is 2. The van der Waals surface area contributed by atoms with Gasteiger partial charge in [0.25, 0.3) is 5.91 Å². The van der Waals surface area contributed by atoms with Gasteiger partial charge in [-0.15, -0.1) is 0 Å². The number of aromatic hydroxyl groups is 1. The number of hydrogen-bond acceptors (Lipinski definition) is 4. The van der Waals surface area contributed by atoms with E-state index < -0.39 is 11.9 Å². The number of fused-ring (bicyclic) bond motifs is 1. The second-order valence-electron chi connectivity index (χ2n) is 5.66. The minimum atomic E-state index is -0.469. The number of amides is 3. The molecule has 3 rings (SSSR count). The van der Waals surface area contributed by atoms with E-state index in [1.807, 2.05) is 24.3 Å². The summed E-state index contributed by atoms with van der Waals surface area (Å²) in [4.78, 5) is 24.9. The molecule has 0 radical (unpaired) electrons. The van der Waals surface area contributed by atoms with Crippen molar-refractivity contribution >= 4 is 28.4 Å². The Bertz CT molecular complexity index is 822. The summed E-state index contributed by atoms with van der Waals surface area (Å²) in [6.45, 7) is 0.983. The molecule has 0 unspecified atom stereocenters. The van der Waals surface area contributed by atoms with Gasteiger partial charge in [-0.3, -0.25) is 4.79 Å². The van der Waals surface area contributed by atoms with E-state index in [-0.39, 0.29) is 11.3 Å². The molecule has 24 heavy (non-hydrogen) atoms. The van der Waals surface area contributed by atoms with Gasteiger partial charge in [0.15, 0.2) is 0 Å². The lowest BCUT2D eigenvalue weighted by molar-refractivity contribution is 0.0951. The van der Waals surface area contributed by atoms with Crippen molar-refractivity contribution in [2.45, 2.75) is 12.8 Å². The van der Waals surface area contributed by atoms with Crippen LogP contribution >= 0.6 is 0 Å². The predicted molar refractivity (Wildman–Crippen MR) is 90.9 cm³/mol. The maximum absolute atomic E-state index is 12.3. The second-order valence-corrected chi connectivity index (χ2v) is 5.66. The maximum Gasteiger partial charge on any atom is 0.314 e. The highest BCUT2D eigenvalue weighted by Crippen LogP contribution is 2.24. The second kappa shape index (κ2) is 6.57. The number of rotatable bonds is 2. The van der Waals surface area contributed by atoms with E-state index in [0.717, 1.165) is 16.5 Å². The van der Waals surface area contributed by atoms with Gasteiger partial charge in [0.2, 0.25) is 0 Å². The van der Waals surface area contributed by atoms with Gasteiger partial charge in [0.1, 0.15) is 5.75 Å². The number of primary amides is 1. The molecule has 1 saturated heterocycles. The molecule has 2 aromatic carbocycles. The van der Waals surface area contributed by atoms with Gasteiger partial charge in [0.05, 0.1) is 5.56 Å². The first-order chi connectivity index (χ1) is 11.5. The standard InChI is InChI=1S/C17H18N4O3/c18-17(24)21-7-5-13(6-8-21)19-20-16(23)14-9-11-3-1-2-4-12(11)10-15(14)22/h1-4,9-10,22H,5-8H2,(H2,18,24)(H,20,23). The lowest BCUT2D eigenvalue weighted by atomic mass is 10.1. The molecule has 1 aliphatic rings. The largest absolute Gasteiger partial charge is 0.507 e. The fraction of sp³-hybridized carbons (Fsp3) is 0.235. The summed E-state index contributed by atoms with van der Waals surface area (Å²) >= 11 is 0. The van der Waals surface area contributed by atoms with Crippen LogP contribution in [0.4, 0.5) is 4.79 Å². The van der Waals surface area contributed by atoms with Crippen LogP contribution in [0.3, 0.4) is 0 Å². The highest BCUT2D eigenvalue weighted by Gasteiger charge is 2.18. The van der Waals surface area contributed by atoms with E-state index in [0.29, 0.717) is 25.9 Å². The molecule has 2 aromatic rings. The zero-order valence-corrected chi connectivity index (χ0v) is 13.0. The fourth-order valence-electron chi connectivity index (χ4n) is 2.70. The molecule has 1 aliphatic heterocycles. The number of carbonyl (C=O) groups is 2. The van der Waals surface area contributed by atoms with Crippen molar-refractivity contribution in [3.8, 4) is 5.75 Å². The van der Waals surface area contributed by atoms with E-state index in [1.54, 1.807) is 12.1 Å². The predicted octanol–water partition coefficient (Wildman–Crippen LogP) is 1.81. The number of phenolic OH excluding ortho intramolecular Hbond substituents is 1. The highest BCUT2D eigenvalue weighted by atomic mass is 16.3. The quantitative estimate of drug-likeness (QED) is 0.732. The molecule has 124 valence electrons. The average molecular weight is 326 g/mol. The lowest BCUT2D eigenvalue weighted by Gasteiger charge is -2.25. The van der Waals surface area contributed by atoms with Crippen molar-refractivity contribution in [1.29, 1.82) is 0 Å². The minimum Gasteiger partial charge on any atom is -0.507 e. The van der Waals surface area contributed by atoms with Crippen LogP contribution in [0.15, 0.2) is 41.5 Å². The fourth-order valence-corrected chi connectivity index (χ4v) is 2.70. The Kier molecular flexibility index (Phi) is 4.33. The van der Waals surface area contributed by atoms with Gasteiger partial charge in [-0.2, -0.15) is 5.10 Å². The lowest BCUT2D eigenvalue weighted by Crippen LogP contribution is -2.42. The summed E-state index contributed by atoms with van der Waals surface area (Å²) < 4.78 is 0. The van der Waals surface area contributed by atoms with Crippen LogP contribution in [0.25, 0.3) is 10.8 Å². The number of urea groups is 1. The third kappa shape index (κ3) is 3.29. The topological polar surface area (TPSA) is 108 Å². The number of piperidine rings is 1. The van der Waals surface area contributed by atoms with Crippen molar-refractivity contribution in [3.05, 3.63) is 42.0 Å². The van der Waals surface area contributed by atoms with Crippen molar-refractivity contribution in [2.75, 3.05) is 13.1 Å². The average Bonchev–Trinajstić information content (AvgIpc) is 2.59. The van der Waals surface area contributed by atoms with Gasteiger partial charge in [0, 0.05) is 31.6 Å². The Balaban J connectivity index is 1.70. The van der Waals surface area contributed by atoms with Crippen molar-refractivity contribution < 1.29 is 14.7 Å². The smallest absolute Gasteiger partial charge is 0.314 e. The normalized spacial score (nSPS) is 14.5. The molecule has 7 nitrogen and oxygen atoms in total. The third-order valence-corrected chi connectivity index (χ3v) is 4.08. The van der Waals surface area contributed by atoms with E-state index in [1.165, 1.54) is 4.90 Å². The van der Waals surface area contributed by atoms with Crippen LogP contribution in [0, 0.1) is 0 Å². The molecule has 4 N–H and O–H groups in total. The Hall–Kier alpha value is -3.09. The van der Waals surface area contributed by atoms with Crippen LogP contribution in [0.2, 0.25) is 0 Å². The molecule has 0 spiro atoms. The van der Waals surface area contributed by atoms with E-state index in [9.17, 15) is 14.7 Å². The Morgan fingerprint density at radius 3 is 2.38 bits per heavy atom. The monoisotopic (exact) mass is 326 g/mol. The molecule has 1 heterocycles. The summed E-state index contributed by atoms with van der Waals surface area (Å²) in [5.74, 6) is -0.557. The molecular formula is C17H18N4O3. The first kappa shape index (κ1) is 15.8. The van der Waals surface area contributed by atoms with Crippen LogP contribution < -0.4 is 11.2 Å². The first-order valence-electron chi connectivity index (χ1n) is 7.66. The third-order valence-electron chi connectivity index (χ3n) is 4.08. The van der Waals surface area contributed by atoms with E-state index in [4.69, 9.17) is 5.73 Å². The van der Waals surface area contributed by atoms with Crippen molar-refractivity contribution in [2.24, 2.45) is 10.8 Å². The first-order valence-corrected chi connectivity index (χ1v) is 7.66. The molecule has 0 bridgehead atoms. The number of phenols is 1. The summed E-state index contributed by atoms with van der Waals surface area (Å²) in [6, 6.07) is 10.2. The Morgan fingerprint density at radius 1 is 1.12 bits per heavy atom. The molecule has 3 amide bonds. The molecule has 0 aromatic heterocycles. The van der Waals surface area contributed by atoms with Gasteiger partial charge in [-0.25, -0.2) is 10.2 Å². The molecule has 0 aliphatic carbocycles. The number of nitrogens with two attached hydrogens (primary N) is 1. The number of nitrogens with one attached hydrogen (secondary N) is 1. The summed E-state index contributed by atoms with van der Waals surface area (Å²) in [6.07, 6.45) is 1.12. The number of nitrogens with zero attached hydrogens (tertiary/aromatic N) is 2. The molecule has 7 heteroatoms. The summed E-state index contributed by atoms with van der Waals surface area (Å²) in [7, 11) is 0. The Morgan fingerprint density at radius 2 is 1.75 bits per heavy atom. The van der Waals surface area contributed by atoms with Crippen LogP contribution in [-0.4, -0.2) is 40.7 Å². The van der Waals surface area contributed by atoms with Crippen LogP contribution in [0.1, 0.15) is 23.2 Å².